The molecule has 1 aromatic heterocycles. The van der Waals surface area contributed by atoms with E-state index in [9.17, 15) is 26.4 Å². The van der Waals surface area contributed by atoms with E-state index < -0.39 is 33.7 Å². The third-order valence-corrected chi connectivity index (χ3v) is 7.46. The lowest BCUT2D eigenvalue weighted by atomic mass is 10.00. The van der Waals surface area contributed by atoms with Gasteiger partial charge in [0.1, 0.15) is 0 Å². The maximum absolute atomic E-state index is 13.5. The van der Waals surface area contributed by atoms with Gasteiger partial charge in [0.15, 0.2) is 5.13 Å². The fourth-order valence-corrected chi connectivity index (χ4v) is 5.69. The van der Waals surface area contributed by atoms with E-state index in [-0.39, 0.29) is 15.6 Å². The van der Waals surface area contributed by atoms with Crippen molar-refractivity contribution in [2.24, 2.45) is 5.73 Å². The van der Waals surface area contributed by atoms with Crippen molar-refractivity contribution >= 4 is 32.4 Å². The number of alkyl halides is 3. The first-order chi connectivity index (χ1) is 14.4. The number of sulfonamides is 1. The SMILES string of the molecule is Cc1cc(C(F)(F)F)ccc1C(C)N(c1nccs1)S(=O)(=O)c1ccc(C(N)=O)cc1. The number of halogens is 3. The van der Waals surface area contributed by atoms with Crippen molar-refractivity contribution < 1.29 is 26.4 Å². The fourth-order valence-electron chi connectivity index (χ4n) is 3.15. The number of anilines is 1. The van der Waals surface area contributed by atoms with Gasteiger partial charge in [0.05, 0.1) is 16.5 Å². The van der Waals surface area contributed by atoms with Crippen molar-refractivity contribution in [3.05, 3.63) is 76.3 Å². The number of aryl methyl sites for hydroxylation is 1. The Balaban J connectivity index is 2.09. The van der Waals surface area contributed by atoms with E-state index in [1.54, 1.807) is 12.3 Å². The fraction of sp³-hybridized carbons (Fsp3) is 0.200. The van der Waals surface area contributed by atoms with Crippen LogP contribution in [0.3, 0.4) is 0 Å². The van der Waals surface area contributed by atoms with Crippen molar-refractivity contribution in [1.29, 1.82) is 0 Å². The molecule has 0 aliphatic carbocycles. The maximum Gasteiger partial charge on any atom is 0.416 e. The molecule has 0 aliphatic rings. The molecule has 31 heavy (non-hydrogen) atoms. The molecule has 0 bridgehead atoms. The summed E-state index contributed by atoms with van der Waals surface area (Å²) in [6.45, 7) is 3.07. The molecular weight excluding hydrogens is 451 g/mol. The van der Waals surface area contributed by atoms with Crippen LogP contribution in [0, 0.1) is 6.92 Å². The second-order valence-corrected chi connectivity index (χ2v) is 9.44. The number of hydrogen-bond acceptors (Lipinski definition) is 5. The molecular formula is C20H18F3N3O3S2. The van der Waals surface area contributed by atoms with Crippen LogP contribution >= 0.6 is 11.3 Å². The van der Waals surface area contributed by atoms with Crippen molar-refractivity contribution in [3.63, 3.8) is 0 Å². The number of aromatic nitrogens is 1. The Hall–Kier alpha value is -2.92. The topological polar surface area (TPSA) is 93.4 Å². The summed E-state index contributed by atoms with van der Waals surface area (Å²) in [5.41, 5.74) is 5.24. The van der Waals surface area contributed by atoms with Gasteiger partial charge in [-0.05, 0) is 61.4 Å². The molecule has 6 nitrogen and oxygen atoms in total. The maximum atomic E-state index is 13.5. The number of nitrogens with zero attached hydrogens (tertiary/aromatic N) is 2. The minimum atomic E-state index is -4.50. The van der Waals surface area contributed by atoms with E-state index >= 15 is 0 Å². The van der Waals surface area contributed by atoms with Crippen LogP contribution in [0.15, 0.2) is 58.9 Å². The molecule has 1 unspecified atom stereocenters. The number of carbonyl (C=O) groups is 1. The van der Waals surface area contributed by atoms with Crippen LogP contribution in [0.25, 0.3) is 0 Å². The lowest BCUT2D eigenvalue weighted by Crippen LogP contribution is -2.34. The van der Waals surface area contributed by atoms with Gasteiger partial charge in [-0.3, -0.25) is 4.79 Å². The van der Waals surface area contributed by atoms with Crippen LogP contribution < -0.4 is 10.0 Å². The number of benzene rings is 2. The smallest absolute Gasteiger partial charge is 0.366 e. The Bertz CT molecular complexity index is 1190. The molecule has 2 aromatic carbocycles. The van der Waals surface area contributed by atoms with Gasteiger partial charge in [-0.15, -0.1) is 11.3 Å². The summed E-state index contributed by atoms with van der Waals surface area (Å²) in [6, 6.07) is 7.42. The first-order valence-corrected chi connectivity index (χ1v) is 11.3. The van der Waals surface area contributed by atoms with Gasteiger partial charge in [-0.1, -0.05) is 6.07 Å². The Labute approximate surface area is 181 Å². The van der Waals surface area contributed by atoms with Crippen LogP contribution in [0.1, 0.15) is 40.0 Å². The van der Waals surface area contributed by atoms with E-state index in [2.05, 4.69) is 4.98 Å². The molecule has 1 heterocycles. The number of amides is 1. The molecule has 0 radical (unpaired) electrons. The van der Waals surface area contributed by atoms with Crippen molar-refractivity contribution in [1.82, 2.24) is 4.98 Å². The summed E-state index contributed by atoms with van der Waals surface area (Å²) in [6.07, 6.45) is -3.07. The number of hydrogen-bond donors (Lipinski definition) is 1. The summed E-state index contributed by atoms with van der Waals surface area (Å²) in [5, 5.41) is 1.76. The molecule has 11 heteroatoms. The highest BCUT2D eigenvalue weighted by molar-refractivity contribution is 7.93. The number of primary amides is 1. The number of carbonyl (C=O) groups excluding carboxylic acids is 1. The highest BCUT2D eigenvalue weighted by Crippen LogP contribution is 2.37. The molecule has 3 aromatic rings. The average Bonchev–Trinajstić information content (AvgIpc) is 3.21. The van der Waals surface area contributed by atoms with Crippen LogP contribution in [-0.4, -0.2) is 19.3 Å². The quantitative estimate of drug-likeness (QED) is 0.574. The van der Waals surface area contributed by atoms with E-state index in [4.69, 9.17) is 5.73 Å². The third-order valence-electron chi connectivity index (χ3n) is 4.70. The van der Waals surface area contributed by atoms with Crippen LogP contribution in [0.5, 0.6) is 0 Å². The van der Waals surface area contributed by atoms with E-state index in [1.807, 2.05) is 0 Å². The van der Waals surface area contributed by atoms with Gasteiger partial charge in [-0.25, -0.2) is 17.7 Å². The molecule has 0 saturated carbocycles. The zero-order valence-electron chi connectivity index (χ0n) is 16.4. The lowest BCUT2D eigenvalue weighted by molar-refractivity contribution is -0.137. The van der Waals surface area contributed by atoms with Crippen molar-refractivity contribution in [2.45, 2.75) is 31.0 Å². The molecule has 2 N–H and O–H groups in total. The van der Waals surface area contributed by atoms with E-state index in [0.29, 0.717) is 11.1 Å². The summed E-state index contributed by atoms with van der Waals surface area (Å²) >= 11 is 1.08. The minimum Gasteiger partial charge on any atom is -0.366 e. The van der Waals surface area contributed by atoms with Gasteiger partial charge in [0.2, 0.25) is 5.91 Å². The first-order valence-electron chi connectivity index (χ1n) is 8.94. The summed E-state index contributed by atoms with van der Waals surface area (Å²) in [5.74, 6) is -0.700. The van der Waals surface area contributed by atoms with Crippen molar-refractivity contribution in [3.8, 4) is 0 Å². The van der Waals surface area contributed by atoms with Gasteiger partial charge < -0.3 is 5.73 Å². The molecule has 0 fully saturated rings. The lowest BCUT2D eigenvalue weighted by Gasteiger charge is -2.29. The predicted molar refractivity (Wildman–Crippen MR) is 111 cm³/mol. The summed E-state index contributed by atoms with van der Waals surface area (Å²) in [7, 11) is -4.16. The first kappa shape index (κ1) is 22.8. The Morgan fingerprint density at radius 1 is 1.16 bits per heavy atom. The number of rotatable bonds is 6. The average molecular weight is 470 g/mol. The molecule has 164 valence electrons. The zero-order chi connectivity index (χ0) is 23.0. The van der Waals surface area contributed by atoms with Crippen LogP contribution in [-0.2, 0) is 16.2 Å². The standard InChI is InChI=1S/C20H18F3N3O3S2/c1-12-11-15(20(21,22)23)5-8-17(12)13(2)26(19-25-9-10-30-19)31(28,29)16-6-3-14(4-7-16)18(24)27/h3-11,13H,1-2H3,(H2,24,27). The largest absolute Gasteiger partial charge is 0.416 e. The molecule has 0 aliphatic heterocycles. The summed E-state index contributed by atoms with van der Waals surface area (Å²) < 4.78 is 67.1. The monoisotopic (exact) mass is 469 g/mol. The second-order valence-electron chi connectivity index (χ2n) is 6.75. The normalized spacial score (nSPS) is 13.1. The number of nitrogens with two attached hydrogens (primary N) is 1. The zero-order valence-corrected chi connectivity index (χ0v) is 18.1. The Kier molecular flexibility index (Phi) is 6.10. The van der Waals surface area contributed by atoms with E-state index in [1.165, 1.54) is 43.5 Å². The van der Waals surface area contributed by atoms with Crippen LogP contribution in [0.2, 0.25) is 0 Å². The second kappa shape index (κ2) is 8.31. The van der Waals surface area contributed by atoms with Gasteiger partial charge in [0, 0.05) is 17.1 Å². The van der Waals surface area contributed by atoms with Crippen molar-refractivity contribution in [2.75, 3.05) is 4.31 Å². The molecule has 3 rings (SSSR count). The third kappa shape index (κ3) is 4.57. The predicted octanol–water partition coefficient (Wildman–Crippen LogP) is 4.53. The molecule has 1 atom stereocenters. The van der Waals surface area contributed by atoms with Gasteiger partial charge >= 0.3 is 6.18 Å². The molecule has 1 amide bonds. The van der Waals surface area contributed by atoms with Gasteiger partial charge in [-0.2, -0.15) is 13.2 Å². The molecule has 0 saturated heterocycles. The highest BCUT2D eigenvalue weighted by atomic mass is 32.2. The highest BCUT2D eigenvalue weighted by Gasteiger charge is 2.35. The summed E-state index contributed by atoms with van der Waals surface area (Å²) in [4.78, 5) is 15.3. The minimum absolute atomic E-state index is 0.107. The Morgan fingerprint density at radius 3 is 2.29 bits per heavy atom. The van der Waals surface area contributed by atoms with Gasteiger partial charge in [0.25, 0.3) is 10.0 Å². The van der Waals surface area contributed by atoms with Crippen LogP contribution in [0.4, 0.5) is 18.3 Å². The van der Waals surface area contributed by atoms with E-state index in [0.717, 1.165) is 27.8 Å². The molecule has 0 spiro atoms. The Morgan fingerprint density at radius 2 is 1.81 bits per heavy atom. The number of thiazole rings is 1.